The molecule has 1 aliphatic rings. The van der Waals surface area contributed by atoms with Gasteiger partial charge in [0.05, 0.1) is 11.0 Å². The van der Waals surface area contributed by atoms with E-state index < -0.39 is 0 Å². The van der Waals surface area contributed by atoms with Crippen molar-refractivity contribution in [3.8, 4) is 0 Å². The summed E-state index contributed by atoms with van der Waals surface area (Å²) < 4.78 is 0. The lowest BCUT2D eigenvalue weighted by Crippen LogP contribution is -2.40. The fourth-order valence-electron chi connectivity index (χ4n) is 2.65. The number of anilines is 1. The molecular weight excluding hydrogens is 288 g/mol. The van der Waals surface area contributed by atoms with Crippen LogP contribution in [0.25, 0.3) is 11.0 Å². The average molecular weight is 305 g/mol. The molecular formula is C15H17ClN4O. The third kappa shape index (κ3) is 3.14. The standard InChI is InChI=1S/C15H17ClN4O/c1-9-8-10(6-7-17-9)15(21)20-14-13(16)18-11-4-2-3-5-12(11)19-14/h2-5,9-10,17H,6-8H2,1H3,(H,19,20,21). The highest BCUT2D eigenvalue weighted by Crippen LogP contribution is 2.23. The monoisotopic (exact) mass is 304 g/mol. The molecule has 0 aliphatic carbocycles. The molecule has 0 spiro atoms. The van der Waals surface area contributed by atoms with E-state index in [0.29, 0.717) is 11.9 Å². The number of nitrogens with one attached hydrogen (secondary N) is 2. The Kier molecular flexibility index (Phi) is 4.03. The number of aromatic nitrogens is 2. The average Bonchev–Trinajstić information content (AvgIpc) is 2.48. The number of benzene rings is 1. The van der Waals surface area contributed by atoms with E-state index in [-0.39, 0.29) is 17.0 Å². The van der Waals surface area contributed by atoms with Crippen molar-refractivity contribution in [1.29, 1.82) is 0 Å². The Morgan fingerprint density at radius 3 is 2.76 bits per heavy atom. The maximum absolute atomic E-state index is 12.3. The number of hydrogen-bond acceptors (Lipinski definition) is 4. The van der Waals surface area contributed by atoms with Crippen molar-refractivity contribution in [2.75, 3.05) is 11.9 Å². The summed E-state index contributed by atoms with van der Waals surface area (Å²) in [5, 5.41) is 6.38. The van der Waals surface area contributed by atoms with Crippen LogP contribution in [0, 0.1) is 5.92 Å². The van der Waals surface area contributed by atoms with Gasteiger partial charge in [-0.3, -0.25) is 4.79 Å². The number of fused-ring (bicyclic) bond motifs is 1. The predicted molar refractivity (Wildman–Crippen MR) is 83.4 cm³/mol. The van der Waals surface area contributed by atoms with Gasteiger partial charge in [0, 0.05) is 12.0 Å². The fourth-order valence-corrected chi connectivity index (χ4v) is 2.83. The summed E-state index contributed by atoms with van der Waals surface area (Å²) in [6.45, 7) is 2.94. The maximum atomic E-state index is 12.3. The highest BCUT2D eigenvalue weighted by atomic mass is 35.5. The molecule has 1 fully saturated rings. The largest absolute Gasteiger partial charge is 0.314 e. The van der Waals surface area contributed by atoms with Gasteiger partial charge in [-0.2, -0.15) is 0 Å². The van der Waals surface area contributed by atoms with Crippen molar-refractivity contribution < 1.29 is 4.79 Å². The van der Waals surface area contributed by atoms with Crippen molar-refractivity contribution in [2.24, 2.45) is 5.92 Å². The maximum Gasteiger partial charge on any atom is 0.228 e. The molecule has 2 N–H and O–H groups in total. The van der Waals surface area contributed by atoms with Crippen molar-refractivity contribution in [2.45, 2.75) is 25.8 Å². The van der Waals surface area contributed by atoms with Gasteiger partial charge in [0.25, 0.3) is 0 Å². The lowest BCUT2D eigenvalue weighted by Gasteiger charge is -2.27. The summed E-state index contributed by atoms with van der Waals surface area (Å²) in [6, 6.07) is 7.80. The lowest BCUT2D eigenvalue weighted by atomic mass is 9.92. The first-order valence-corrected chi connectivity index (χ1v) is 7.48. The van der Waals surface area contributed by atoms with Crippen LogP contribution in [-0.2, 0) is 4.79 Å². The Hall–Kier alpha value is -1.72. The van der Waals surface area contributed by atoms with E-state index in [0.717, 1.165) is 30.4 Å². The number of halogens is 1. The number of nitrogens with zero attached hydrogens (tertiary/aromatic N) is 2. The van der Waals surface area contributed by atoms with E-state index in [9.17, 15) is 4.79 Å². The number of piperidine rings is 1. The van der Waals surface area contributed by atoms with Crippen LogP contribution in [0.15, 0.2) is 24.3 Å². The van der Waals surface area contributed by atoms with Crippen molar-refractivity contribution in [3.05, 3.63) is 29.4 Å². The summed E-state index contributed by atoms with van der Waals surface area (Å²) in [5.41, 5.74) is 1.44. The topological polar surface area (TPSA) is 66.9 Å². The van der Waals surface area contributed by atoms with Crippen LogP contribution in [-0.4, -0.2) is 28.5 Å². The SMILES string of the molecule is CC1CC(C(=O)Nc2nc3ccccc3nc2Cl)CCN1. The summed E-state index contributed by atoms with van der Waals surface area (Å²) >= 11 is 6.11. The molecule has 2 atom stereocenters. The second-order valence-electron chi connectivity index (χ2n) is 5.42. The van der Waals surface area contributed by atoms with Gasteiger partial charge in [-0.1, -0.05) is 23.7 Å². The Morgan fingerprint density at radius 1 is 1.33 bits per heavy atom. The molecule has 1 saturated heterocycles. The van der Waals surface area contributed by atoms with Crippen LogP contribution in [0.3, 0.4) is 0 Å². The van der Waals surface area contributed by atoms with Gasteiger partial charge < -0.3 is 10.6 Å². The van der Waals surface area contributed by atoms with Crippen molar-refractivity contribution in [1.82, 2.24) is 15.3 Å². The van der Waals surface area contributed by atoms with Crippen LogP contribution in [0.2, 0.25) is 5.15 Å². The minimum atomic E-state index is -0.0326. The molecule has 0 bridgehead atoms. The highest BCUT2D eigenvalue weighted by molar-refractivity contribution is 6.32. The molecule has 110 valence electrons. The third-order valence-corrected chi connectivity index (χ3v) is 4.03. The van der Waals surface area contributed by atoms with E-state index >= 15 is 0 Å². The van der Waals surface area contributed by atoms with Gasteiger partial charge in [-0.05, 0) is 38.4 Å². The van der Waals surface area contributed by atoms with Crippen molar-refractivity contribution in [3.63, 3.8) is 0 Å². The Balaban J connectivity index is 1.80. The molecule has 3 rings (SSSR count). The zero-order valence-corrected chi connectivity index (χ0v) is 12.5. The molecule has 5 nitrogen and oxygen atoms in total. The second kappa shape index (κ2) is 5.95. The smallest absolute Gasteiger partial charge is 0.228 e. The van der Waals surface area contributed by atoms with Gasteiger partial charge in [0.15, 0.2) is 11.0 Å². The molecule has 1 aliphatic heterocycles. The number of hydrogen-bond donors (Lipinski definition) is 2. The Labute approximate surface area is 128 Å². The molecule has 1 aromatic carbocycles. The zero-order chi connectivity index (χ0) is 14.8. The van der Waals surface area contributed by atoms with E-state index in [2.05, 4.69) is 27.5 Å². The normalized spacial score (nSPS) is 22.2. The summed E-state index contributed by atoms with van der Waals surface area (Å²) in [6.07, 6.45) is 1.65. The molecule has 1 aromatic heterocycles. The second-order valence-corrected chi connectivity index (χ2v) is 5.78. The molecule has 1 amide bonds. The van der Waals surface area contributed by atoms with E-state index in [4.69, 9.17) is 11.6 Å². The minimum absolute atomic E-state index is 0.00872. The molecule has 2 aromatic rings. The first-order valence-electron chi connectivity index (χ1n) is 7.10. The molecule has 6 heteroatoms. The van der Waals surface area contributed by atoms with Crippen LogP contribution in [0.4, 0.5) is 5.82 Å². The molecule has 2 unspecified atom stereocenters. The van der Waals surface area contributed by atoms with Crippen LogP contribution < -0.4 is 10.6 Å². The Morgan fingerprint density at radius 2 is 2.05 bits per heavy atom. The summed E-state index contributed by atoms with van der Waals surface area (Å²) in [7, 11) is 0. The fraction of sp³-hybridized carbons (Fsp3) is 0.400. The number of para-hydroxylation sites is 2. The summed E-state index contributed by atoms with van der Waals surface area (Å²) in [5.74, 6) is 0.298. The van der Waals surface area contributed by atoms with Gasteiger partial charge in [-0.15, -0.1) is 0 Å². The van der Waals surface area contributed by atoms with Gasteiger partial charge in [0.1, 0.15) is 0 Å². The quantitative estimate of drug-likeness (QED) is 0.895. The molecule has 0 radical (unpaired) electrons. The Bertz CT molecular complexity index is 676. The first kappa shape index (κ1) is 14.2. The number of carbonyl (C=O) groups is 1. The minimum Gasteiger partial charge on any atom is -0.314 e. The third-order valence-electron chi connectivity index (χ3n) is 3.76. The predicted octanol–water partition coefficient (Wildman–Crippen LogP) is 2.61. The van der Waals surface area contributed by atoms with Crippen molar-refractivity contribution >= 4 is 34.4 Å². The zero-order valence-electron chi connectivity index (χ0n) is 11.8. The van der Waals surface area contributed by atoms with Crippen LogP contribution >= 0.6 is 11.6 Å². The first-order chi connectivity index (χ1) is 10.1. The van der Waals surface area contributed by atoms with Gasteiger partial charge in [-0.25, -0.2) is 9.97 Å². The highest BCUT2D eigenvalue weighted by Gasteiger charge is 2.25. The van der Waals surface area contributed by atoms with Crippen LogP contribution in [0.1, 0.15) is 19.8 Å². The van der Waals surface area contributed by atoms with E-state index in [1.165, 1.54) is 0 Å². The molecule has 0 saturated carbocycles. The van der Waals surface area contributed by atoms with E-state index in [1.54, 1.807) is 0 Å². The molecule has 2 heterocycles. The number of carbonyl (C=O) groups excluding carboxylic acids is 1. The van der Waals surface area contributed by atoms with Gasteiger partial charge >= 0.3 is 0 Å². The lowest BCUT2D eigenvalue weighted by molar-refractivity contribution is -0.120. The summed E-state index contributed by atoms with van der Waals surface area (Å²) in [4.78, 5) is 21.0. The van der Waals surface area contributed by atoms with E-state index in [1.807, 2.05) is 24.3 Å². The van der Waals surface area contributed by atoms with Crippen LogP contribution in [0.5, 0.6) is 0 Å². The number of amides is 1. The van der Waals surface area contributed by atoms with Gasteiger partial charge in [0.2, 0.25) is 5.91 Å². The molecule has 21 heavy (non-hydrogen) atoms. The number of rotatable bonds is 2.